The number of nitrogens with zero attached hydrogens (tertiary/aromatic N) is 2. The van der Waals surface area contributed by atoms with E-state index in [4.69, 9.17) is 9.84 Å². The van der Waals surface area contributed by atoms with E-state index < -0.39 is 5.97 Å². The van der Waals surface area contributed by atoms with Gasteiger partial charge in [0.25, 0.3) is 0 Å². The third-order valence-electron chi connectivity index (χ3n) is 5.24. The number of carboxylic acids is 1. The van der Waals surface area contributed by atoms with Gasteiger partial charge in [0.1, 0.15) is 5.75 Å². The summed E-state index contributed by atoms with van der Waals surface area (Å²) in [4.78, 5) is 38.8. The second-order valence-corrected chi connectivity index (χ2v) is 6.98. The Morgan fingerprint density at radius 1 is 1.14 bits per heavy atom. The van der Waals surface area contributed by atoms with E-state index in [9.17, 15) is 14.4 Å². The van der Waals surface area contributed by atoms with Gasteiger partial charge in [0, 0.05) is 19.1 Å². The number of benzene rings is 2. The third kappa shape index (κ3) is 4.74. The van der Waals surface area contributed by atoms with Crippen molar-refractivity contribution < 1.29 is 24.2 Å². The zero-order valence-corrected chi connectivity index (χ0v) is 16.3. The van der Waals surface area contributed by atoms with E-state index in [1.807, 2.05) is 24.3 Å². The van der Waals surface area contributed by atoms with Crippen LogP contribution in [0.1, 0.15) is 28.8 Å². The Bertz CT molecular complexity index is 873. The second kappa shape index (κ2) is 9.23. The molecule has 1 saturated heterocycles. The Morgan fingerprint density at radius 2 is 1.79 bits per heavy atom. The van der Waals surface area contributed by atoms with E-state index >= 15 is 0 Å². The monoisotopic (exact) mass is 396 g/mol. The number of hydrogen-bond donors (Lipinski definition) is 1. The summed E-state index contributed by atoms with van der Waals surface area (Å²) in [5.74, 6) is -0.343. The van der Waals surface area contributed by atoms with Crippen molar-refractivity contribution in [3.05, 3.63) is 59.7 Å². The summed E-state index contributed by atoms with van der Waals surface area (Å²) in [5, 5.41) is 8.95. The third-order valence-corrected chi connectivity index (χ3v) is 5.24. The highest BCUT2D eigenvalue weighted by atomic mass is 16.5. The molecule has 7 nitrogen and oxygen atoms in total. The minimum Gasteiger partial charge on any atom is -0.495 e. The van der Waals surface area contributed by atoms with E-state index in [0.29, 0.717) is 31.7 Å². The van der Waals surface area contributed by atoms with Crippen LogP contribution in [0.15, 0.2) is 48.5 Å². The lowest BCUT2D eigenvalue weighted by atomic mass is 10.0. The van der Waals surface area contributed by atoms with Crippen molar-refractivity contribution in [2.75, 3.05) is 25.1 Å². The topological polar surface area (TPSA) is 87.2 Å². The number of carbonyl (C=O) groups is 3. The van der Waals surface area contributed by atoms with Crippen LogP contribution in [0.25, 0.3) is 0 Å². The Hall–Kier alpha value is -3.35. The molecule has 0 aromatic heterocycles. The SMILES string of the molecule is COc1ccccc1N(C=O)C1CCN(C(=O)Cc2ccc(C(=O)O)cc2)CC1. The van der Waals surface area contributed by atoms with Crippen LogP contribution >= 0.6 is 0 Å². The lowest BCUT2D eigenvalue weighted by Crippen LogP contribution is -2.47. The Morgan fingerprint density at radius 3 is 2.38 bits per heavy atom. The van der Waals surface area contributed by atoms with E-state index in [2.05, 4.69) is 0 Å². The fraction of sp³-hybridized carbons (Fsp3) is 0.318. The van der Waals surface area contributed by atoms with Crippen molar-refractivity contribution in [2.24, 2.45) is 0 Å². The summed E-state index contributed by atoms with van der Waals surface area (Å²) in [5.41, 5.74) is 1.71. The number of amides is 2. The molecule has 3 rings (SSSR count). The second-order valence-electron chi connectivity index (χ2n) is 6.98. The van der Waals surface area contributed by atoms with E-state index in [0.717, 1.165) is 17.7 Å². The van der Waals surface area contributed by atoms with Crippen molar-refractivity contribution in [1.82, 2.24) is 4.90 Å². The predicted octanol–water partition coefficient (Wildman–Crippen LogP) is 2.59. The molecule has 1 heterocycles. The van der Waals surface area contributed by atoms with Crippen LogP contribution in [0.4, 0.5) is 5.69 Å². The molecule has 0 radical (unpaired) electrons. The Kier molecular flexibility index (Phi) is 6.49. The molecule has 1 fully saturated rings. The fourth-order valence-electron chi connectivity index (χ4n) is 3.63. The maximum absolute atomic E-state index is 12.6. The van der Waals surface area contributed by atoms with Crippen LogP contribution in [0.2, 0.25) is 0 Å². The first-order chi connectivity index (χ1) is 14.0. The average Bonchev–Trinajstić information content (AvgIpc) is 2.75. The molecule has 152 valence electrons. The van der Waals surface area contributed by atoms with Crippen molar-refractivity contribution in [1.29, 1.82) is 0 Å². The maximum atomic E-state index is 12.6. The lowest BCUT2D eigenvalue weighted by Gasteiger charge is -2.37. The molecule has 1 N–H and O–H groups in total. The first-order valence-corrected chi connectivity index (χ1v) is 9.50. The number of rotatable bonds is 7. The molecule has 0 atom stereocenters. The van der Waals surface area contributed by atoms with Gasteiger partial charge in [0.15, 0.2) is 0 Å². The Labute approximate surface area is 169 Å². The summed E-state index contributed by atoms with van der Waals surface area (Å²) < 4.78 is 5.37. The van der Waals surface area contributed by atoms with Crippen LogP contribution in [-0.4, -0.2) is 54.5 Å². The smallest absolute Gasteiger partial charge is 0.335 e. The number of ether oxygens (including phenoxy) is 1. The predicted molar refractivity (Wildman–Crippen MR) is 108 cm³/mol. The summed E-state index contributed by atoms with van der Waals surface area (Å²) in [7, 11) is 1.58. The van der Waals surface area contributed by atoms with Crippen LogP contribution < -0.4 is 9.64 Å². The molecule has 0 bridgehead atoms. The summed E-state index contributed by atoms with van der Waals surface area (Å²) >= 11 is 0. The van der Waals surface area contributed by atoms with Gasteiger partial charge in [-0.15, -0.1) is 0 Å². The minimum absolute atomic E-state index is 0.00136. The molecule has 0 aliphatic carbocycles. The number of hydrogen-bond acceptors (Lipinski definition) is 4. The van der Waals surface area contributed by atoms with Crippen LogP contribution in [0.3, 0.4) is 0 Å². The van der Waals surface area contributed by atoms with E-state index in [1.54, 1.807) is 29.0 Å². The number of carbonyl (C=O) groups excluding carboxylic acids is 2. The van der Waals surface area contributed by atoms with Crippen LogP contribution in [-0.2, 0) is 16.0 Å². The highest BCUT2D eigenvalue weighted by Gasteiger charge is 2.28. The number of carboxylic acid groups (broad SMARTS) is 1. The van der Waals surface area contributed by atoms with E-state index in [-0.39, 0.29) is 23.9 Å². The zero-order valence-electron chi connectivity index (χ0n) is 16.3. The fourth-order valence-corrected chi connectivity index (χ4v) is 3.63. The number of aromatic carboxylic acids is 1. The standard InChI is InChI=1S/C22H24N2O5/c1-29-20-5-3-2-4-19(20)24(15-25)18-10-12-23(13-11-18)21(26)14-16-6-8-17(9-7-16)22(27)28/h2-9,15,18H,10-14H2,1H3,(H,27,28). The van der Waals surface area contributed by atoms with Gasteiger partial charge in [-0.05, 0) is 42.7 Å². The number of anilines is 1. The molecule has 1 aliphatic heterocycles. The van der Waals surface area contributed by atoms with E-state index in [1.165, 1.54) is 12.1 Å². The number of likely N-dealkylation sites (tertiary alicyclic amines) is 1. The van der Waals surface area contributed by atoms with Crippen LogP contribution in [0, 0.1) is 0 Å². The molecule has 0 spiro atoms. The normalized spacial score (nSPS) is 14.3. The summed E-state index contributed by atoms with van der Waals surface area (Å²) in [6, 6.07) is 13.7. The van der Waals surface area contributed by atoms with Gasteiger partial charge in [0.2, 0.25) is 12.3 Å². The summed E-state index contributed by atoms with van der Waals surface area (Å²) in [6.45, 7) is 1.13. The highest BCUT2D eigenvalue weighted by Crippen LogP contribution is 2.31. The first kappa shape index (κ1) is 20.4. The average molecular weight is 396 g/mol. The molecule has 2 aromatic rings. The molecule has 2 aromatic carbocycles. The molecular weight excluding hydrogens is 372 g/mol. The van der Waals surface area contributed by atoms with Crippen molar-refractivity contribution >= 4 is 24.0 Å². The lowest BCUT2D eigenvalue weighted by molar-refractivity contribution is -0.131. The van der Waals surface area contributed by atoms with Gasteiger partial charge in [0.05, 0.1) is 24.8 Å². The summed E-state index contributed by atoms with van der Waals surface area (Å²) in [6.07, 6.45) is 2.42. The Balaban J connectivity index is 1.59. The van der Waals surface area contributed by atoms with Gasteiger partial charge < -0.3 is 19.6 Å². The molecule has 1 aliphatic rings. The van der Waals surface area contributed by atoms with Gasteiger partial charge >= 0.3 is 5.97 Å². The van der Waals surface area contributed by atoms with Crippen molar-refractivity contribution in [3.8, 4) is 5.75 Å². The van der Waals surface area contributed by atoms with Crippen molar-refractivity contribution in [2.45, 2.75) is 25.3 Å². The highest BCUT2D eigenvalue weighted by molar-refractivity contribution is 5.88. The molecule has 0 unspecified atom stereocenters. The molecule has 0 saturated carbocycles. The zero-order chi connectivity index (χ0) is 20.8. The number of methoxy groups -OCH3 is 1. The largest absolute Gasteiger partial charge is 0.495 e. The molecule has 7 heteroatoms. The minimum atomic E-state index is -0.986. The van der Waals surface area contributed by atoms with Gasteiger partial charge in [-0.3, -0.25) is 9.59 Å². The van der Waals surface area contributed by atoms with Crippen molar-refractivity contribution in [3.63, 3.8) is 0 Å². The van der Waals surface area contributed by atoms with Crippen LogP contribution in [0.5, 0.6) is 5.75 Å². The number of piperidine rings is 1. The van der Waals surface area contributed by atoms with Gasteiger partial charge in [-0.1, -0.05) is 24.3 Å². The quantitative estimate of drug-likeness (QED) is 0.727. The maximum Gasteiger partial charge on any atom is 0.335 e. The number of para-hydroxylation sites is 2. The van der Waals surface area contributed by atoms with Gasteiger partial charge in [-0.25, -0.2) is 4.79 Å². The molecule has 2 amide bonds. The van der Waals surface area contributed by atoms with Gasteiger partial charge in [-0.2, -0.15) is 0 Å². The first-order valence-electron chi connectivity index (χ1n) is 9.50. The molecule has 29 heavy (non-hydrogen) atoms. The molecular formula is C22H24N2O5.